The lowest BCUT2D eigenvalue weighted by molar-refractivity contribution is 0.411. The molecule has 0 radical (unpaired) electrons. The van der Waals surface area contributed by atoms with Crippen molar-refractivity contribution in [3.05, 3.63) is 30.1 Å². The van der Waals surface area contributed by atoms with Gasteiger partial charge in [0.25, 0.3) is 0 Å². The lowest BCUT2D eigenvalue weighted by Crippen LogP contribution is -2.37. The molecule has 1 aliphatic carbocycles. The third kappa shape index (κ3) is 2.65. The number of sulfonamides is 1. The van der Waals surface area contributed by atoms with Crippen LogP contribution in [0.4, 0.5) is 4.39 Å². The molecule has 2 N–H and O–H groups in total. The molecule has 0 amide bonds. The minimum atomic E-state index is -3.53. The van der Waals surface area contributed by atoms with Crippen LogP contribution < -0.4 is 5.73 Å². The van der Waals surface area contributed by atoms with E-state index in [1.807, 2.05) is 0 Å². The van der Waals surface area contributed by atoms with Crippen molar-refractivity contribution in [3.8, 4) is 0 Å². The first-order valence-corrected chi connectivity index (χ1v) is 6.97. The Labute approximate surface area is 100 Å². The van der Waals surface area contributed by atoms with Crippen molar-refractivity contribution >= 4 is 10.0 Å². The Morgan fingerprint density at radius 3 is 2.35 bits per heavy atom. The highest BCUT2D eigenvalue weighted by atomic mass is 32.2. The molecule has 0 spiro atoms. The Hall–Kier alpha value is -0.980. The number of halogens is 1. The molecule has 1 aromatic rings. The summed E-state index contributed by atoms with van der Waals surface area (Å²) in [5.74, 6) is -0.444. The fourth-order valence-corrected chi connectivity index (χ4v) is 3.43. The highest BCUT2D eigenvalue weighted by Gasteiger charge is 2.37. The SMILES string of the molecule is NCCN(C1CC1)S(=O)(=O)c1ccc(F)cc1. The number of hydrogen-bond acceptors (Lipinski definition) is 3. The summed E-state index contributed by atoms with van der Waals surface area (Å²) >= 11 is 0. The molecule has 0 aliphatic heterocycles. The average Bonchev–Trinajstić information content (AvgIpc) is 3.10. The van der Waals surface area contributed by atoms with Gasteiger partial charge in [-0.15, -0.1) is 0 Å². The molecule has 0 saturated heterocycles. The average molecular weight is 258 g/mol. The zero-order valence-corrected chi connectivity index (χ0v) is 10.2. The van der Waals surface area contributed by atoms with Crippen molar-refractivity contribution in [2.24, 2.45) is 5.73 Å². The van der Waals surface area contributed by atoms with Crippen molar-refractivity contribution in [1.82, 2.24) is 4.31 Å². The largest absolute Gasteiger partial charge is 0.329 e. The smallest absolute Gasteiger partial charge is 0.243 e. The molecule has 0 heterocycles. The molecule has 17 heavy (non-hydrogen) atoms. The van der Waals surface area contributed by atoms with Gasteiger partial charge in [-0.3, -0.25) is 0 Å². The molecular weight excluding hydrogens is 243 g/mol. The van der Waals surface area contributed by atoms with Crippen LogP contribution in [0, 0.1) is 5.82 Å². The van der Waals surface area contributed by atoms with Crippen LogP contribution in [0.15, 0.2) is 29.2 Å². The molecule has 1 saturated carbocycles. The fourth-order valence-electron chi connectivity index (χ4n) is 1.73. The van der Waals surface area contributed by atoms with Crippen LogP contribution in [-0.4, -0.2) is 31.9 Å². The van der Waals surface area contributed by atoms with Gasteiger partial charge in [-0.25, -0.2) is 12.8 Å². The maximum Gasteiger partial charge on any atom is 0.243 e. The second-order valence-corrected chi connectivity index (χ2v) is 5.98. The molecule has 4 nitrogen and oxygen atoms in total. The van der Waals surface area contributed by atoms with E-state index in [4.69, 9.17) is 5.73 Å². The Morgan fingerprint density at radius 2 is 1.88 bits per heavy atom. The Bertz CT molecular complexity index is 483. The number of hydrogen-bond donors (Lipinski definition) is 1. The zero-order chi connectivity index (χ0) is 12.5. The standard InChI is InChI=1S/C11H15FN2O2S/c12-9-1-5-11(6-2-9)17(15,16)14(8-7-13)10-3-4-10/h1-2,5-6,10H,3-4,7-8,13H2. The maximum absolute atomic E-state index is 12.8. The third-order valence-electron chi connectivity index (χ3n) is 2.72. The van der Waals surface area contributed by atoms with Gasteiger partial charge in [-0.1, -0.05) is 0 Å². The monoisotopic (exact) mass is 258 g/mol. The Kier molecular flexibility index (Phi) is 3.46. The normalized spacial score (nSPS) is 16.4. The first kappa shape index (κ1) is 12.5. The molecule has 0 bridgehead atoms. The van der Waals surface area contributed by atoms with Crippen molar-refractivity contribution < 1.29 is 12.8 Å². The van der Waals surface area contributed by atoms with Crippen LogP contribution in [-0.2, 0) is 10.0 Å². The fraction of sp³-hybridized carbons (Fsp3) is 0.455. The molecule has 0 atom stereocenters. The molecule has 1 aromatic carbocycles. The molecule has 1 fully saturated rings. The lowest BCUT2D eigenvalue weighted by atomic mass is 10.4. The number of nitrogens with zero attached hydrogens (tertiary/aromatic N) is 1. The van der Waals surface area contributed by atoms with E-state index in [0.717, 1.165) is 25.0 Å². The number of benzene rings is 1. The van der Waals surface area contributed by atoms with E-state index in [-0.39, 0.29) is 17.5 Å². The molecule has 0 aromatic heterocycles. The summed E-state index contributed by atoms with van der Waals surface area (Å²) < 4.78 is 38.7. The van der Waals surface area contributed by atoms with Gasteiger partial charge in [0.1, 0.15) is 5.82 Å². The Morgan fingerprint density at radius 1 is 1.29 bits per heavy atom. The quantitative estimate of drug-likeness (QED) is 0.855. The van der Waals surface area contributed by atoms with Gasteiger partial charge in [0.2, 0.25) is 10.0 Å². The summed E-state index contributed by atoms with van der Waals surface area (Å²) in [5.41, 5.74) is 5.43. The van der Waals surface area contributed by atoms with Crippen LogP contribution in [0.25, 0.3) is 0 Å². The van der Waals surface area contributed by atoms with Crippen LogP contribution in [0.1, 0.15) is 12.8 Å². The molecule has 2 rings (SSSR count). The second kappa shape index (κ2) is 4.72. The van der Waals surface area contributed by atoms with E-state index in [1.165, 1.54) is 16.4 Å². The molecule has 94 valence electrons. The van der Waals surface area contributed by atoms with Gasteiger partial charge in [0, 0.05) is 19.1 Å². The second-order valence-electron chi connectivity index (χ2n) is 4.09. The van der Waals surface area contributed by atoms with E-state index < -0.39 is 15.8 Å². The Balaban J connectivity index is 2.30. The van der Waals surface area contributed by atoms with Crippen molar-refractivity contribution in [2.45, 2.75) is 23.8 Å². The summed E-state index contributed by atoms with van der Waals surface area (Å²) in [5, 5.41) is 0. The topological polar surface area (TPSA) is 63.4 Å². The highest BCUT2D eigenvalue weighted by molar-refractivity contribution is 7.89. The third-order valence-corrected chi connectivity index (χ3v) is 4.69. The molecule has 0 unspecified atom stereocenters. The first-order valence-electron chi connectivity index (χ1n) is 5.53. The zero-order valence-electron chi connectivity index (χ0n) is 9.34. The molecule has 1 aliphatic rings. The van der Waals surface area contributed by atoms with Gasteiger partial charge >= 0.3 is 0 Å². The van der Waals surface area contributed by atoms with Gasteiger partial charge in [-0.05, 0) is 37.1 Å². The summed E-state index contributed by atoms with van der Waals surface area (Å²) in [6.45, 7) is 0.599. The maximum atomic E-state index is 12.8. The number of rotatable bonds is 5. The summed E-state index contributed by atoms with van der Waals surface area (Å²) in [7, 11) is -3.53. The summed E-state index contributed by atoms with van der Waals surface area (Å²) in [6, 6.07) is 4.95. The molecule has 6 heteroatoms. The van der Waals surface area contributed by atoms with Gasteiger partial charge in [0.15, 0.2) is 0 Å². The highest BCUT2D eigenvalue weighted by Crippen LogP contribution is 2.31. The predicted octanol–water partition coefficient (Wildman–Crippen LogP) is 0.937. The lowest BCUT2D eigenvalue weighted by Gasteiger charge is -2.21. The van der Waals surface area contributed by atoms with E-state index in [1.54, 1.807) is 0 Å². The number of nitrogens with two attached hydrogens (primary N) is 1. The van der Waals surface area contributed by atoms with Crippen LogP contribution >= 0.6 is 0 Å². The van der Waals surface area contributed by atoms with Crippen molar-refractivity contribution in [1.29, 1.82) is 0 Å². The first-order chi connectivity index (χ1) is 8.05. The van der Waals surface area contributed by atoms with Gasteiger partial charge in [0.05, 0.1) is 4.90 Å². The van der Waals surface area contributed by atoms with E-state index >= 15 is 0 Å². The van der Waals surface area contributed by atoms with Crippen LogP contribution in [0.3, 0.4) is 0 Å². The predicted molar refractivity (Wildman–Crippen MR) is 62.4 cm³/mol. The van der Waals surface area contributed by atoms with Gasteiger partial charge < -0.3 is 5.73 Å². The molecular formula is C11H15FN2O2S. The van der Waals surface area contributed by atoms with E-state index in [0.29, 0.717) is 6.54 Å². The van der Waals surface area contributed by atoms with Crippen molar-refractivity contribution in [2.75, 3.05) is 13.1 Å². The van der Waals surface area contributed by atoms with Crippen LogP contribution in [0.2, 0.25) is 0 Å². The van der Waals surface area contributed by atoms with E-state index in [2.05, 4.69) is 0 Å². The summed E-state index contributed by atoms with van der Waals surface area (Å²) in [4.78, 5) is 0.124. The minimum absolute atomic E-state index is 0.0635. The van der Waals surface area contributed by atoms with Crippen LogP contribution in [0.5, 0.6) is 0 Å². The summed E-state index contributed by atoms with van der Waals surface area (Å²) in [6.07, 6.45) is 1.75. The minimum Gasteiger partial charge on any atom is -0.329 e. The van der Waals surface area contributed by atoms with Gasteiger partial charge in [-0.2, -0.15) is 4.31 Å². The van der Waals surface area contributed by atoms with Crippen molar-refractivity contribution in [3.63, 3.8) is 0 Å². The van der Waals surface area contributed by atoms with E-state index in [9.17, 15) is 12.8 Å².